The number of likely N-dealkylation sites (tertiary alicyclic amines) is 1. The van der Waals surface area contributed by atoms with Crippen LogP contribution in [0.3, 0.4) is 0 Å². The van der Waals surface area contributed by atoms with Crippen molar-refractivity contribution in [2.24, 2.45) is 0 Å². The summed E-state index contributed by atoms with van der Waals surface area (Å²) in [6, 6.07) is 4.64. The number of benzene rings is 1. The van der Waals surface area contributed by atoms with Gasteiger partial charge in [-0.25, -0.2) is 4.79 Å². The van der Waals surface area contributed by atoms with E-state index in [2.05, 4.69) is 0 Å². The molecule has 0 bridgehead atoms. The number of halogens is 3. The predicted octanol–water partition coefficient (Wildman–Crippen LogP) is 2.53. The molecule has 1 fully saturated rings. The molecule has 1 amide bonds. The molecule has 0 spiro atoms. The van der Waals surface area contributed by atoms with Gasteiger partial charge in [0, 0.05) is 12.5 Å². The molecule has 110 valence electrons. The van der Waals surface area contributed by atoms with Gasteiger partial charge in [-0.3, -0.25) is 0 Å². The van der Waals surface area contributed by atoms with Gasteiger partial charge in [-0.05, 0) is 24.1 Å². The summed E-state index contributed by atoms with van der Waals surface area (Å²) in [5.74, 6) is -0.340. The molecule has 2 unspecified atom stereocenters. The van der Waals surface area contributed by atoms with E-state index in [1.54, 1.807) is 0 Å². The highest BCUT2D eigenvalue weighted by Crippen LogP contribution is 2.33. The normalized spacial score (nSPS) is 23.7. The molecule has 1 aromatic carbocycles. The molecule has 2 N–H and O–H groups in total. The molecule has 4 nitrogen and oxygen atoms in total. The standard InChI is InChI=1S/C13H14F3NO3/c14-13(15,16)9-3-1-8(2-4-9)10-5-6-17(12(19)20)7-11(10)18/h1-4,10-11,18H,5-7H2,(H,19,20). The van der Waals surface area contributed by atoms with Gasteiger partial charge in [0.1, 0.15) is 0 Å². The molecular weight excluding hydrogens is 275 g/mol. The Hall–Kier alpha value is -1.76. The van der Waals surface area contributed by atoms with Crippen molar-refractivity contribution in [1.29, 1.82) is 0 Å². The number of aliphatic hydroxyl groups is 1. The van der Waals surface area contributed by atoms with Crippen LogP contribution in [0, 0.1) is 0 Å². The van der Waals surface area contributed by atoms with Gasteiger partial charge in [-0.2, -0.15) is 13.2 Å². The van der Waals surface area contributed by atoms with E-state index in [1.165, 1.54) is 12.1 Å². The molecular formula is C13H14F3NO3. The predicted molar refractivity (Wildman–Crippen MR) is 64.4 cm³/mol. The summed E-state index contributed by atoms with van der Waals surface area (Å²) in [4.78, 5) is 11.9. The monoisotopic (exact) mass is 289 g/mol. The van der Waals surface area contributed by atoms with E-state index < -0.39 is 23.9 Å². The number of carboxylic acid groups (broad SMARTS) is 1. The van der Waals surface area contributed by atoms with Crippen molar-refractivity contribution in [3.8, 4) is 0 Å². The number of alkyl halides is 3. The lowest BCUT2D eigenvalue weighted by molar-refractivity contribution is -0.137. The summed E-state index contributed by atoms with van der Waals surface area (Å²) < 4.78 is 37.4. The van der Waals surface area contributed by atoms with E-state index in [1.807, 2.05) is 0 Å². The third-order valence-electron chi connectivity index (χ3n) is 3.52. The highest BCUT2D eigenvalue weighted by Gasteiger charge is 2.33. The Morgan fingerprint density at radius 2 is 1.85 bits per heavy atom. The maximum absolute atomic E-state index is 12.5. The van der Waals surface area contributed by atoms with Crippen LogP contribution in [0.4, 0.5) is 18.0 Å². The molecule has 7 heteroatoms. The third kappa shape index (κ3) is 3.04. The largest absolute Gasteiger partial charge is 0.465 e. The molecule has 0 aromatic heterocycles. The maximum atomic E-state index is 12.5. The number of β-amino-alcohol motifs (C(OH)–C–C–N with tert-alkyl or cyclic N) is 1. The van der Waals surface area contributed by atoms with E-state index in [0.29, 0.717) is 12.0 Å². The number of piperidine rings is 1. The second kappa shape index (κ2) is 5.32. The summed E-state index contributed by atoms with van der Waals surface area (Å²) in [5.41, 5.74) is -0.144. The van der Waals surface area contributed by atoms with Gasteiger partial charge in [-0.1, -0.05) is 12.1 Å². The molecule has 0 radical (unpaired) electrons. The number of aliphatic hydroxyl groups excluding tert-OH is 1. The van der Waals surface area contributed by atoms with Crippen LogP contribution in [0.5, 0.6) is 0 Å². The molecule has 1 saturated heterocycles. The van der Waals surface area contributed by atoms with Crippen molar-refractivity contribution < 1.29 is 28.2 Å². The Morgan fingerprint density at radius 1 is 1.25 bits per heavy atom. The highest BCUT2D eigenvalue weighted by molar-refractivity contribution is 5.65. The summed E-state index contributed by atoms with van der Waals surface area (Å²) in [7, 11) is 0. The van der Waals surface area contributed by atoms with Gasteiger partial charge in [0.25, 0.3) is 0 Å². The SMILES string of the molecule is O=C(O)N1CCC(c2ccc(C(F)(F)F)cc2)C(O)C1. The van der Waals surface area contributed by atoms with E-state index in [0.717, 1.165) is 17.0 Å². The zero-order valence-electron chi connectivity index (χ0n) is 10.5. The van der Waals surface area contributed by atoms with Crippen LogP contribution in [0.25, 0.3) is 0 Å². The molecule has 2 atom stereocenters. The topological polar surface area (TPSA) is 60.8 Å². The fraction of sp³-hybridized carbons (Fsp3) is 0.462. The minimum atomic E-state index is -4.39. The summed E-state index contributed by atoms with van der Waals surface area (Å²) >= 11 is 0. The number of hydrogen-bond donors (Lipinski definition) is 2. The van der Waals surface area contributed by atoms with Crippen molar-refractivity contribution in [2.45, 2.75) is 24.6 Å². The first-order valence-electron chi connectivity index (χ1n) is 6.12. The molecule has 1 heterocycles. The van der Waals surface area contributed by atoms with Gasteiger partial charge in [-0.15, -0.1) is 0 Å². The van der Waals surface area contributed by atoms with Crippen LogP contribution < -0.4 is 0 Å². The van der Waals surface area contributed by atoms with Gasteiger partial charge < -0.3 is 15.1 Å². The van der Waals surface area contributed by atoms with E-state index in [4.69, 9.17) is 5.11 Å². The first-order valence-corrected chi connectivity index (χ1v) is 6.12. The van der Waals surface area contributed by atoms with E-state index in [9.17, 15) is 23.1 Å². The van der Waals surface area contributed by atoms with Gasteiger partial charge in [0.15, 0.2) is 0 Å². The zero-order chi connectivity index (χ0) is 14.9. The average molecular weight is 289 g/mol. The third-order valence-corrected chi connectivity index (χ3v) is 3.52. The Morgan fingerprint density at radius 3 is 2.30 bits per heavy atom. The second-order valence-electron chi connectivity index (χ2n) is 4.81. The number of hydrogen-bond acceptors (Lipinski definition) is 2. The van der Waals surface area contributed by atoms with Crippen molar-refractivity contribution >= 4 is 6.09 Å². The lowest BCUT2D eigenvalue weighted by atomic mass is 9.87. The van der Waals surface area contributed by atoms with E-state index >= 15 is 0 Å². The van der Waals surface area contributed by atoms with Crippen LogP contribution in [0.15, 0.2) is 24.3 Å². The molecule has 0 aliphatic carbocycles. The van der Waals surface area contributed by atoms with Crippen LogP contribution >= 0.6 is 0 Å². The summed E-state index contributed by atoms with van der Waals surface area (Å²) in [6.45, 7) is 0.235. The summed E-state index contributed by atoms with van der Waals surface area (Å²) in [5, 5.41) is 18.8. The summed E-state index contributed by atoms with van der Waals surface area (Å²) in [6.07, 6.45) is -6.01. The zero-order valence-corrected chi connectivity index (χ0v) is 10.5. The number of amides is 1. The van der Waals surface area contributed by atoms with Crippen LogP contribution in [-0.2, 0) is 6.18 Å². The molecule has 0 saturated carbocycles. The molecule has 1 aromatic rings. The quantitative estimate of drug-likeness (QED) is 0.835. The first-order chi connectivity index (χ1) is 9.29. The minimum absolute atomic E-state index is 0.0268. The second-order valence-corrected chi connectivity index (χ2v) is 4.81. The van der Waals surface area contributed by atoms with E-state index in [-0.39, 0.29) is 19.0 Å². The van der Waals surface area contributed by atoms with Crippen molar-refractivity contribution in [1.82, 2.24) is 4.90 Å². The van der Waals surface area contributed by atoms with Gasteiger partial charge >= 0.3 is 12.3 Å². The Balaban J connectivity index is 2.11. The Labute approximate surface area is 113 Å². The van der Waals surface area contributed by atoms with Gasteiger partial charge in [0.05, 0.1) is 18.2 Å². The smallest absolute Gasteiger partial charge is 0.416 e. The Kier molecular flexibility index (Phi) is 3.89. The van der Waals surface area contributed by atoms with Crippen molar-refractivity contribution in [3.05, 3.63) is 35.4 Å². The molecule has 20 heavy (non-hydrogen) atoms. The lowest BCUT2D eigenvalue weighted by Gasteiger charge is -2.34. The van der Waals surface area contributed by atoms with Crippen molar-refractivity contribution in [2.75, 3.05) is 13.1 Å². The fourth-order valence-corrected chi connectivity index (χ4v) is 2.41. The molecule has 2 rings (SSSR count). The van der Waals surface area contributed by atoms with Crippen molar-refractivity contribution in [3.63, 3.8) is 0 Å². The lowest BCUT2D eigenvalue weighted by Crippen LogP contribution is -2.45. The number of rotatable bonds is 1. The number of carbonyl (C=O) groups is 1. The minimum Gasteiger partial charge on any atom is -0.465 e. The fourth-order valence-electron chi connectivity index (χ4n) is 2.41. The molecule has 1 aliphatic rings. The maximum Gasteiger partial charge on any atom is 0.416 e. The Bertz CT molecular complexity index is 487. The van der Waals surface area contributed by atoms with Gasteiger partial charge in [0.2, 0.25) is 0 Å². The van der Waals surface area contributed by atoms with Crippen LogP contribution in [-0.4, -0.2) is 40.4 Å². The molecule has 1 aliphatic heterocycles. The van der Waals surface area contributed by atoms with Crippen LogP contribution in [0.2, 0.25) is 0 Å². The number of nitrogens with zero attached hydrogens (tertiary/aromatic N) is 1. The average Bonchev–Trinajstić information content (AvgIpc) is 2.37. The van der Waals surface area contributed by atoms with Crippen LogP contribution in [0.1, 0.15) is 23.5 Å². The first kappa shape index (κ1) is 14.6. The highest BCUT2D eigenvalue weighted by atomic mass is 19.4.